The number of carbonyl (C=O) groups excluding carboxylic acids is 1. The Balaban J connectivity index is 1.85. The summed E-state index contributed by atoms with van der Waals surface area (Å²) in [7, 11) is 0. The predicted octanol–water partition coefficient (Wildman–Crippen LogP) is 5.10. The molecule has 0 unspecified atom stereocenters. The van der Waals surface area contributed by atoms with Crippen molar-refractivity contribution < 1.29 is 9.90 Å². The third kappa shape index (κ3) is 2.14. The fraction of sp³-hybridized carbons (Fsp3) is 0.0476. The highest BCUT2D eigenvalue weighted by Crippen LogP contribution is 2.33. The van der Waals surface area contributed by atoms with Gasteiger partial charge in [-0.3, -0.25) is 9.79 Å². The molecule has 0 spiro atoms. The van der Waals surface area contributed by atoms with E-state index < -0.39 is 0 Å². The number of aliphatic hydroxyl groups excluding tert-OH is 1. The maximum Gasteiger partial charge on any atom is 0.199 e. The predicted molar refractivity (Wildman–Crippen MR) is 97.0 cm³/mol. The summed E-state index contributed by atoms with van der Waals surface area (Å²) in [5.74, 6) is -0.165. The Hall–Kier alpha value is -3.20. The van der Waals surface area contributed by atoms with Crippen molar-refractivity contribution >= 4 is 33.7 Å². The van der Waals surface area contributed by atoms with Crippen molar-refractivity contribution in [2.75, 3.05) is 0 Å². The lowest BCUT2D eigenvalue weighted by atomic mass is 10.1. The van der Waals surface area contributed by atoms with E-state index in [1.807, 2.05) is 48.5 Å². The van der Waals surface area contributed by atoms with Gasteiger partial charge in [-0.15, -0.1) is 0 Å². The number of carbonyl (C=O) groups is 1. The Labute approximate surface area is 139 Å². The molecule has 3 aromatic rings. The van der Waals surface area contributed by atoms with Gasteiger partial charge in [0.25, 0.3) is 0 Å². The molecule has 0 aromatic heterocycles. The fourth-order valence-corrected chi connectivity index (χ4v) is 3.14. The second-order valence-electron chi connectivity index (χ2n) is 5.79. The smallest absolute Gasteiger partial charge is 0.199 e. The number of rotatable bonds is 2. The molecular weight excluding hydrogens is 298 g/mol. The standard InChI is InChI=1S/C21H15NO2/c1-13(19-20(23)16-10-4-5-11-17(16)21(19)24)22-18-12-6-8-14-7-2-3-9-15(14)18/h2-12,23H,1H3. The van der Waals surface area contributed by atoms with Crippen LogP contribution in [-0.2, 0) is 0 Å². The molecule has 24 heavy (non-hydrogen) atoms. The minimum Gasteiger partial charge on any atom is -0.506 e. The van der Waals surface area contributed by atoms with Crippen molar-refractivity contribution in [3.05, 3.63) is 83.4 Å². The Kier molecular flexibility index (Phi) is 3.28. The first-order chi connectivity index (χ1) is 11.7. The summed E-state index contributed by atoms with van der Waals surface area (Å²) in [5.41, 5.74) is 2.69. The van der Waals surface area contributed by atoms with Gasteiger partial charge < -0.3 is 5.11 Å². The number of hydrogen-bond donors (Lipinski definition) is 1. The first kappa shape index (κ1) is 14.4. The molecule has 0 saturated carbocycles. The lowest BCUT2D eigenvalue weighted by Crippen LogP contribution is -2.07. The molecule has 3 aromatic carbocycles. The van der Waals surface area contributed by atoms with E-state index in [-0.39, 0.29) is 17.1 Å². The minimum absolute atomic E-state index is 0.0112. The number of fused-ring (bicyclic) bond motifs is 2. The summed E-state index contributed by atoms with van der Waals surface area (Å²) in [4.78, 5) is 17.2. The molecule has 0 radical (unpaired) electrons. The second kappa shape index (κ2) is 5.46. The van der Waals surface area contributed by atoms with Crippen molar-refractivity contribution in [3.63, 3.8) is 0 Å². The van der Waals surface area contributed by atoms with Crippen LogP contribution in [0.15, 0.2) is 77.3 Å². The minimum atomic E-state index is -0.176. The number of ketones is 1. The van der Waals surface area contributed by atoms with Gasteiger partial charge in [-0.2, -0.15) is 0 Å². The molecular formula is C21H15NO2. The maximum atomic E-state index is 12.6. The molecule has 0 bridgehead atoms. The van der Waals surface area contributed by atoms with Crippen LogP contribution in [0.4, 0.5) is 5.69 Å². The Morgan fingerprint density at radius 3 is 2.33 bits per heavy atom. The van der Waals surface area contributed by atoms with Crippen LogP contribution in [0.1, 0.15) is 22.8 Å². The van der Waals surface area contributed by atoms with Gasteiger partial charge in [0.2, 0.25) is 0 Å². The van der Waals surface area contributed by atoms with Crippen LogP contribution in [0.2, 0.25) is 0 Å². The first-order valence-electron chi connectivity index (χ1n) is 7.77. The molecule has 4 rings (SSSR count). The molecule has 3 heteroatoms. The zero-order valence-corrected chi connectivity index (χ0v) is 13.2. The molecule has 0 saturated heterocycles. The first-order valence-corrected chi connectivity index (χ1v) is 7.77. The lowest BCUT2D eigenvalue weighted by molar-refractivity contribution is 0.104. The molecule has 1 aliphatic rings. The van der Waals surface area contributed by atoms with Gasteiger partial charge in [0, 0.05) is 16.5 Å². The van der Waals surface area contributed by atoms with Gasteiger partial charge in [0.15, 0.2) is 5.78 Å². The molecule has 0 atom stereocenters. The molecule has 1 aliphatic carbocycles. The summed E-state index contributed by atoms with van der Waals surface area (Å²) in [6.45, 7) is 1.76. The number of aliphatic hydroxyl groups is 1. The Morgan fingerprint density at radius 1 is 0.875 bits per heavy atom. The van der Waals surface area contributed by atoms with E-state index >= 15 is 0 Å². The third-order valence-electron chi connectivity index (χ3n) is 4.31. The van der Waals surface area contributed by atoms with E-state index in [2.05, 4.69) is 4.99 Å². The van der Waals surface area contributed by atoms with E-state index in [0.717, 1.165) is 16.5 Å². The van der Waals surface area contributed by atoms with Gasteiger partial charge in [-0.1, -0.05) is 60.7 Å². The molecule has 3 nitrogen and oxygen atoms in total. The number of aliphatic imine (C=N–C) groups is 1. The van der Waals surface area contributed by atoms with Crippen molar-refractivity contribution in [3.8, 4) is 0 Å². The number of benzene rings is 3. The van der Waals surface area contributed by atoms with Gasteiger partial charge in [0.05, 0.1) is 17.0 Å². The van der Waals surface area contributed by atoms with Crippen molar-refractivity contribution in [2.45, 2.75) is 6.92 Å². The molecule has 1 N–H and O–H groups in total. The number of nitrogens with zero attached hydrogens (tertiary/aromatic N) is 1. The highest BCUT2D eigenvalue weighted by molar-refractivity contribution is 6.35. The molecule has 116 valence electrons. The zero-order valence-electron chi connectivity index (χ0n) is 13.2. The SMILES string of the molecule is CC(=Nc1cccc2ccccc12)C1=C(O)c2ccccc2C1=O. The Morgan fingerprint density at radius 2 is 1.54 bits per heavy atom. The molecule has 0 amide bonds. The van der Waals surface area contributed by atoms with Gasteiger partial charge in [-0.05, 0) is 18.4 Å². The van der Waals surface area contributed by atoms with Crippen molar-refractivity contribution in [1.29, 1.82) is 0 Å². The number of allylic oxidation sites excluding steroid dienone is 1. The van der Waals surface area contributed by atoms with Gasteiger partial charge in [-0.25, -0.2) is 0 Å². The van der Waals surface area contributed by atoms with Crippen molar-refractivity contribution in [1.82, 2.24) is 0 Å². The number of Topliss-reactive ketones (excluding diaryl/α,β-unsaturated/α-hetero) is 1. The van der Waals surface area contributed by atoms with Crippen LogP contribution in [0, 0.1) is 0 Å². The molecule has 0 heterocycles. The van der Waals surface area contributed by atoms with Gasteiger partial charge in [0.1, 0.15) is 5.76 Å². The zero-order chi connectivity index (χ0) is 16.7. The average molecular weight is 313 g/mol. The molecule has 0 fully saturated rings. The van der Waals surface area contributed by atoms with Crippen molar-refractivity contribution in [2.24, 2.45) is 4.99 Å². The quantitative estimate of drug-likeness (QED) is 0.669. The van der Waals surface area contributed by atoms with Crippen LogP contribution < -0.4 is 0 Å². The van der Waals surface area contributed by atoms with Crippen LogP contribution in [-0.4, -0.2) is 16.6 Å². The van der Waals surface area contributed by atoms with Gasteiger partial charge >= 0.3 is 0 Å². The molecule has 0 aliphatic heterocycles. The van der Waals surface area contributed by atoms with E-state index in [1.165, 1.54) is 0 Å². The summed E-state index contributed by atoms with van der Waals surface area (Å²) < 4.78 is 0. The van der Waals surface area contributed by atoms with Crippen LogP contribution in [0.25, 0.3) is 16.5 Å². The Bertz CT molecular complexity index is 1040. The highest BCUT2D eigenvalue weighted by Gasteiger charge is 2.30. The van der Waals surface area contributed by atoms with E-state index in [4.69, 9.17) is 0 Å². The monoisotopic (exact) mass is 313 g/mol. The third-order valence-corrected chi connectivity index (χ3v) is 4.31. The average Bonchev–Trinajstić information content (AvgIpc) is 2.87. The fourth-order valence-electron chi connectivity index (χ4n) is 3.14. The summed E-state index contributed by atoms with van der Waals surface area (Å²) >= 11 is 0. The maximum absolute atomic E-state index is 12.6. The van der Waals surface area contributed by atoms with E-state index in [1.54, 1.807) is 25.1 Å². The van der Waals surface area contributed by atoms with E-state index in [0.29, 0.717) is 16.8 Å². The number of hydrogen-bond acceptors (Lipinski definition) is 3. The summed E-state index contributed by atoms with van der Waals surface area (Å²) in [6.07, 6.45) is 0. The topological polar surface area (TPSA) is 49.7 Å². The van der Waals surface area contributed by atoms with Crippen LogP contribution >= 0.6 is 0 Å². The normalized spacial score (nSPS) is 14.4. The largest absolute Gasteiger partial charge is 0.506 e. The lowest BCUT2D eigenvalue weighted by Gasteiger charge is -2.05. The summed E-state index contributed by atoms with van der Waals surface area (Å²) in [6, 6.07) is 20.9. The van der Waals surface area contributed by atoms with Crippen LogP contribution in [0.5, 0.6) is 0 Å². The highest BCUT2D eigenvalue weighted by atomic mass is 16.3. The van der Waals surface area contributed by atoms with Crippen LogP contribution in [0.3, 0.4) is 0 Å². The second-order valence-corrected chi connectivity index (χ2v) is 5.79. The summed E-state index contributed by atoms with van der Waals surface area (Å²) in [5, 5.41) is 12.6. The van der Waals surface area contributed by atoms with E-state index in [9.17, 15) is 9.90 Å².